The number of anilines is 2. The van der Waals surface area contributed by atoms with Crippen LogP contribution in [0.2, 0.25) is 0 Å². The van der Waals surface area contributed by atoms with E-state index in [1.807, 2.05) is 31.2 Å². The Morgan fingerprint density at radius 1 is 1.08 bits per heavy atom. The van der Waals surface area contributed by atoms with E-state index in [-0.39, 0.29) is 24.9 Å². The van der Waals surface area contributed by atoms with Crippen LogP contribution in [0.3, 0.4) is 0 Å². The van der Waals surface area contributed by atoms with E-state index in [2.05, 4.69) is 20.6 Å². The summed E-state index contributed by atoms with van der Waals surface area (Å²) in [5.41, 5.74) is 1.02. The van der Waals surface area contributed by atoms with Gasteiger partial charge in [0.05, 0.1) is 0 Å². The molecule has 0 saturated heterocycles. The Hall–Kier alpha value is -2.35. The molecular formula is C16H19F3N4O. The van der Waals surface area contributed by atoms with Crippen molar-refractivity contribution in [1.29, 1.82) is 0 Å². The van der Waals surface area contributed by atoms with Crippen molar-refractivity contribution in [2.45, 2.75) is 26.1 Å². The number of nitrogens with one attached hydrogen (secondary N) is 2. The van der Waals surface area contributed by atoms with Gasteiger partial charge in [-0.25, -0.2) is 4.98 Å². The molecule has 8 heteroatoms. The van der Waals surface area contributed by atoms with Gasteiger partial charge in [-0.15, -0.1) is 0 Å². The summed E-state index contributed by atoms with van der Waals surface area (Å²) in [5, 5.41) is 14.3. The molecule has 0 aliphatic carbocycles. The van der Waals surface area contributed by atoms with Crippen LogP contribution in [0.4, 0.5) is 24.9 Å². The summed E-state index contributed by atoms with van der Waals surface area (Å²) >= 11 is 0. The zero-order valence-electron chi connectivity index (χ0n) is 13.2. The number of benzene rings is 1. The molecule has 0 spiro atoms. The molecule has 1 aromatic carbocycles. The van der Waals surface area contributed by atoms with Gasteiger partial charge in [0.1, 0.15) is 5.82 Å². The Bertz CT molecular complexity index is 659. The molecule has 0 radical (unpaired) electrons. The first kappa shape index (κ1) is 18.0. The average Bonchev–Trinajstić information content (AvgIpc) is 2.54. The van der Waals surface area contributed by atoms with E-state index in [1.54, 1.807) is 0 Å². The quantitative estimate of drug-likeness (QED) is 0.675. The van der Waals surface area contributed by atoms with Crippen LogP contribution in [0.15, 0.2) is 30.3 Å². The number of alkyl halides is 3. The minimum Gasteiger partial charge on any atom is -0.396 e. The number of nitrogens with zero attached hydrogens (tertiary/aromatic N) is 2. The number of aryl methyl sites for hydroxylation is 1. The Balaban J connectivity index is 2.14. The first-order valence-corrected chi connectivity index (χ1v) is 7.49. The van der Waals surface area contributed by atoms with Crippen molar-refractivity contribution < 1.29 is 18.3 Å². The standard InChI is InChI=1S/C16H19F3N4O/c1-11-3-5-12(6-4-11)10-21-14-9-13(16(17,18)19)22-15(23-14)20-7-2-8-24/h3-6,9,24H,2,7-8,10H2,1H3,(H2,20,21,22,23). The van der Waals surface area contributed by atoms with Gasteiger partial charge >= 0.3 is 6.18 Å². The van der Waals surface area contributed by atoms with Gasteiger partial charge in [0.15, 0.2) is 5.69 Å². The third-order valence-corrected chi connectivity index (χ3v) is 3.23. The van der Waals surface area contributed by atoms with E-state index in [9.17, 15) is 13.2 Å². The van der Waals surface area contributed by atoms with Crippen molar-refractivity contribution in [2.75, 3.05) is 23.8 Å². The lowest BCUT2D eigenvalue weighted by atomic mass is 10.1. The van der Waals surface area contributed by atoms with Crippen LogP contribution >= 0.6 is 0 Å². The summed E-state index contributed by atoms with van der Waals surface area (Å²) in [5.74, 6) is -0.0333. The molecule has 5 nitrogen and oxygen atoms in total. The van der Waals surface area contributed by atoms with Crippen molar-refractivity contribution >= 4 is 11.8 Å². The van der Waals surface area contributed by atoms with Gasteiger partial charge in [0, 0.05) is 25.8 Å². The van der Waals surface area contributed by atoms with E-state index in [0.29, 0.717) is 13.0 Å². The second-order valence-corrected chi connectivity index (χ2v) is 5.30. The van der Waals surface area contributed by atoms with Gasteiger partial charge in [0.2, 0.25) is 5.95 Å². The van der Waals surface area contributed by atoms with Crippen LogP contribution < -0.4 is 10.6 Å². The molecule has 0 fully saturated rings. The summed E-state index contributed by atoms with van der Waals surface area (Å²) in [6.45, 7) is 2.53. The third kappa shape index (κ3) is 5.38. The van der Waals surface area contributed by atoms with E-state index < -0.39 is 11.9 Å². The molecule has 0 atom stereocenters. The van der Waals surface area contributed by atoms with Crippen LogP contribution in [0.25, 0.3) is 0 Å². The van der Waals surface area contributed by atoms with Gasteiger partial charge < -0.3 is 15.7 Å². The molecule has 24 heavy (non-hydrogen) atoms. The van der Waals surface area contributed by atoms with Crippen molar-refractivity contribution in [2.24, 2.45) is 0 Å². The van der Waals surface area contributed by atoms with E-state index in [1.165, 1.54) is 0 Å². The largest absolute Gasteiger partial charge is 0.433 e. The monoisotopic (exact) mass is 340 g/mol. The Morgan fingerprint density at radius 2 is 1.79 bits per heavy atom. The fourth-order valence-corrected chi connectivity index (χ4v) is 1.94. The number of aliphatic hydroxyl groups excluding tert-OH is 1. The minimum atomic E-state index is -4.56. The van der Waals surface area contributed by atoms with Crippen molar-refractivity contribution in [3.63, 3.8) is 0 Å². The van der Waals surface area contributed by atoms with E-state index in [0.717, 1.165) is 17.2 Å². The first-order valence-electron chi connectivity index (χ1n) is 7.49. The summed E-state index contributed by atoms with van der Waals surface area (Å²) in [4.78, 5) is 7.51. The molecule has 1 heterocycles. The average molecular weight is 340 g/mol. The molecule has 0 saturated carbocycles. The molecule has 0 unspecified atom stereocenters. The van der Waals surface area contributed by atoms with Crippen molar-refractivity contribution in [3.05, 3.63) is 47.2 Å². The number of halogens is 3. The maximum atomic E-state index is 13.0. The Labute approximate surface area is 138 Å². The minimum absolute atomic E-state index is 0.0650. The second kappa shape index (κ2) is 7.96. The lowest BCUT2D eigenvalue weighted by molar-refractivity contribution is -0.141. The van der Waals surface area contributed by atoms with Crippen LogP contribution in [0.5, 0.6) is 0 Å². The highest BCUT2D eigenvalue weighted by Gasteiger charge is 2.33. The van der Waals surface area contributed by atoms with Crippen molar-refractivity contribution in [1.82, 2.24) is 9.97 Å². The Kier molecular flexibility index (Phi) is 5.97. The molecule has 0 bridgehead atoms. The smallest absolute Gasteiger partial charge is 0.396 e. The predicted octanol–water partition coefficient (Wildman–Crippen LogP) is 3.21. The normalized spacial score (nSPS) is 11.4. The highest BCUT2D eigenvalue weighted by atomic mass is 19.4. The number of aliphatic hydroxyl groups is 1. The number of hydrogen-bond donors (Lipinski definition) is 3. The maximum Gasteiger partial charge on any atom is 0.433 e. The molecule has 3 N–H and O–H groups in total. The predicted molar refractivity (Wildman–Crippen MR) is 85.7 cm³/mol. The SMILES string of the molecule is Cc1ccc(CNc2cc(C(F)(F)F)nc(NCCCO)n2)cc1. The number of aromatic nitrogens is 2. The van der Waals surface area contributed by atoms with Crippen LogP contribution in [-0.2, 0) is 12.7 Å². The zero-order chi connectivity index (χ0) is 17.6. The van der Waals surface area contributed by atoms with Gasteiger partial charge in [-0.2, -0.15) is 18.2 Å². The molecule has 2 aromatic rings. The maximum absolute atomic E-state index is 13.0. The van der Waals surface area contributed by atoms with Crippen LogP contribution in [-0.4, -0.2) is 28.2 Å². The molecule has 0 aliphatic rings. The fraction of sp³-hybridized carbons (Fsp3) is 0.375. The Morgan fingerprint density at radius 3 is 2.42 bits per heavy atom. The highest BCUT2D eigenvalue weighted by molar-refractivity contribution is 5.43. The lowest BCUT2D eigenvalue weighted by Gasteiger charge is -2.13. The molecule has 2 rings (SSSR count). The molecule has 130 valence electrons. The summed E-state index contributed by atoms with van der Waals surface area (Å²) in [6.07, 6.45) is -4.16. The fourth-order valence-electron chi connectivity index (χ4n) is 1.94. The first-order chi connectivity index (χ1) is 11.4. The second-order valence-electron chi connectivity index (χ2n) is 5.30. The summed E-state index contributed by atoms with van der Waals surface area (Å²) in [7, 11) is 0. The molecule has 1 aromatic heterocycles. The van der Waals surface area contributed by atoms with Gasteiger partial charge in [0.25, 0.3) is 0 Å². The summed E-state index contributed by atoms with van der Waals surface area (Å²) < 4.78 is 38.9. The van der Waals surface area contributed by atoms with Crippen LogP contribution in [0.1, 0.15) is 23.2 Å². The van der Waals surface area contributed by atoms with Gasteiger partial charge in [-0.3, -0.25) is 0 Å². The highest BCUT2D eigenvalue weighted by Crippen LogP contribution is 2.29. The van der Waals surface area contributed by atoms with Gasteiger partial charge in [-0.1, -0.05) is 29.8 Å². The van der Waals surface area contributed by atoms with E-state index >= 15 is 0 Å². The third-order valence-electron chi connectivity index (χ3n) is 3.23. The molecule has 0 amide bonds. The summed E-state index contributed by atoms with van der Waals surface area (Å²) in [6, 6.07) is 8.54. The topological polar surface area (TPSA) is 70.1 Å². The van der Waals surface area contributed by atoms with Crippen molar-refractivity contribution in [3.8, 4) is 0 Å². The molecular weight excluding hydrogens is 321 g/mol. The number of rotatable bonds is 7. The molecule has 0 aliphatic heterocycles. The van der Waals surface area contributed by atoms with Gasteiger partial charge in [-0.05, 0) is 18.9 Å². The van der Waals surface area contributed by atoms with E-state index in [4.69, 9.17) is 5.11 Å². The number of hydrogen-bond acceptors (Lipinski definition) is 5. The van der Waals surface area contributed by atoms with Crippen LogP contribution in [0, 0.1) is 6.92 Å². The zero-order valence-corrected chi connectivity index (χ0v) is 13.2. The lowest BCUT2D eigenvalue weighted by Crippen LogP contribution is -2.15.